The number of unbranched alkanes of at least 4 members (excludes halogenated alkanes) is 9. The van der Waals surface area contributed by atoms with Crippen molar-refractivity contribution in [1.29, 1.82) is 0 Å². The van der Waals surface area contributed by atoms with Crippen molar-refractivity contribution in [2.24, 2.45) is 11.8 Å². The van der Waals surface area contributed by atoms with E-state index in [1.165, 1.54) is 103 Å². The number of hydrogen-bond acceptors (Lipinski definition) is 1. The minimum atomic E-state index is 0.381. The normalized spacial score (nSPS) is 22.9. The molecule has 0 bridgehead atoms. The molecule has 1 rings (SSSR count). The smallest absolute Gasteiger partial charge is 0.123 e. The quantitative estimate of drug-likeness (QED) is 0.222. The summed E-state index contributed by atoms with van der Waals surface area (Å²) >= 11 is 0. The van der Waals surface area contributed by atoms with E-state index in [1.807, 2.05) is 0 Å². The van der Waals surface area contributed by atoms with Gasteiger partial charge >= 0.3 is 0 Å². The first-order valence-electron chi connectivity index (χ1n) is 9.83. The van der Waals surface area contributed by atoms with E-state index in [1.54, 1.807) is 0 Å². The summed E-state index contributed by atoms with van der Waals surface area (Å²) in [5.41, 5.74) is 0. The third-order valence-corrected chi connectivity index (χ3v) is 5.32. The molecular formula is C20H38O. The van der Waals surface area contributed by atoms with Crippen LogP contribution < -0.4 is 0 Å². The highest BCUT2D eigenvalue weighted by atomic mass is 16.1. The second-order valence-electron chi connectivity index (χ2n) is 7.17. The van der Waals surface area contributed by atoms with Gasteiger partial charge < -0.3 is 4.79 Å². The first kappa shape index (κ1) is 18.7. The molecule has 0 amide bonds. The molecule has 1 heteroatoms. The van der Waals surface area contributed by atoms with Crippen molar-refractivity contribution in [3.05, 3.63) is 0 Å². The van der Waals surface area contributed by atoms with E-state index in [0.29, 0.717) is 11.8 Å². The van der Waals surface area contributed by atoms with Gasteiger partial charge in [-0.1, -0.05) is 90.4 Å². The highest BCUT2D eigenvalue weighted by molar-refractivity contribution is 5.54. The maximum Gasteiger partial charge on any atom is 0.123 e. The second-order valence-corrected chi connectivity index (χ2v) is 7.17. The van der Waals surface area contributed by atoms with E-state index in [-0.39, 0.29) is 0 Å². The summed E-state index contributed by atoms with van der Waals surface area (Å²) < 4.78 is 0. The molecule has 0 aromatic carbocycles. The van der Waals surface area contributed by atoms with Gasteiger partial charge in [0.25, 0.3) is 0 Å². The van der Waals surface area contributed by atoms with Crippen LogP contribution >= 0.6 is 0 Å². The first-order chi connectivity index (χ1) is 10.4. The molecule has 1 aliphatic rings. The zero-order chi connectivity index (χ0) is 15.2. The molecular weight excluding hydrogens is 256 g/mol. The minimum absolute atomic E-state index is 0.381. The average Bonchev–Trinajstić information content (AvgIpc) is 2.74. The Labute approximate surface area is 133 Å². The summed E-state index contributed by atoms with van der Waals surface area (Å²) in [6.45, 7) is 2.28. The maximum atomic E-state index is 11.2. The fourth-order valence-electron chi connectivity index (χ4n) is 3.84. The van der Waals surface area contributed by atoms with Crippen LogP contribution in [0.5, 0.6) is 0 Å². The lowest BCUT2D eigenvalue weighted by molar-refractivity contribution is -0.112. The van der Waals surface area contributed by atoms with Gasteiger partial charge in [-0.15, -0.1) is 0 Å². The molecule has 0 aromatic rings. The predicted molar refractivity (Wildman–Crippen MR) is 92.6 cm³/mol. The van der Waals surface area contributed by atoms with E-state index < -0.39 is 0 Å². The van der Waals surface area contributed by atoms with Crippen LogP contribution in [0, 0.1) is 11.8 Å². The Bertz CT molecular complexity index is 236. The van der Waals surface area contributed by atoms with Crippen molar-refractivity contribution in [2.75, 3.05) is 0 Å². The Hall–Kier alpha value is -0.330. The largest absolute Gasteiger partial charge is 0.303 e. The molecule has 2 atom stereocenters. The standard InChI is InChI=1S/C20H38O/c1-2-3-4-5-6-7-8-9-10-12-15-19-16-13-11-14-17-20(19)18-21/h18-20H,2-17H2,1H3. The van der Waals surface area contributed by atoms with Crippen LogP contribution in [0.2, 0.25) is 0 Å². The van der Waals surface area contributed by atoms with Gasteiger partial charge in [0.1, 0.15) is 6.29 Å². The van der Waals surface area contributed by atoms with Gasteiger partial charge in [-0.05, 0) is 25.2 Å². The van der Waals surface area contributed by atoms with Gasteiger partial charge in [-0.25, -0.2) is 0 Å². The lowest BCUT2D eigenvalue weighted by Crippen LogP contribution is -2.14. The zero-order valence-electron chi connectivity index (χ0n) is 14.5. The molecule has 1 fully saturated rings. The summed E-state index contributed by atoms with van der Waals surface area (Å²) in [6, 6.07) is 0. The fraction of sp³-hybridized carbons (Fsp3) is 0.950. The summed E-state index contributed by atoms with van der Waals surface area (Å²) in [5.74, 6) is 1.09. The van der Waals surface area contributed by atoms with Crippen molar-refractivity contribution < 1.29 is 4.79 Å². The molecule has 1 nitrogen and oxygen atoms in total. The molecule has 0 aliphatic heterocycles. The van der Waals surface area contributed by atoms with E-state index in [0.717, 1.165) is 6.42 Å². The summed E-state index contributed by atoms with van der Waals surface area (Å²) in [4.78, 5) is 11.2. The Morgan fingerprint density at radius 2 is 1.33 bits per heavy atom. The lowest BCUT2D eigenvalue weighted by atomic mass is 9.85. The Morgan fingerprint density at radius 3 is 1.95 bits per heavy atom. The van der Waals surface area contributed by atoms with Crippen molar-refractivity contribution >= 4 is 6.29 Å². The Kier molecular flexibility index (Phi) is 11.9. The van der Waals surface area contributed by atoms with Gasteiger partial charge in [-0.3, -0.25) is 0 Å². The minimum Gasteiger partial charge on any atom is -0.303 e. The zero-order valence-corrected chi connectivity index (χ0v) is 14.5. The molecule has 21 heavy (non-hydrogen) atoms. The summed E-state index contributed by atoms with van der Waals surface area (Å²) in [7, 11) is 0. The van der Waals surface area contributed by atoms with Crippen molar-refractivity contribution in [1.82, 2.24) is 0 Å². The number of carbonyl (C=O) groups excluding carboxylic acids is 1. The van der Waals surface area contributed by atoms with Gasteiger partial charge in [0, 0.05) is 5.92 Å². The third-order valence-electron chi connectivity index (χ3n) is 5.32. The van der Waals surface area contributed by atoms with E-state index in [4.69, 9.17) is 0 Å². The molecule has 0 radical (unpaired) electrons. The molecule has 0 N–H and O–H groups in total. The average molecular weight is 295 g/mol. The SMILES string of the molecule is CCCCCCCCCCCCC1CCCCCC1C=O. The predicted octanol–water partition coefficient (Wildman–Crippen LogP) is 6.69. The Morgan fingerprint density at radius 1 is 0.762 bits per heavy atom. The number of hydrogen-bond donors (Lipinski definition) is 0. The molecule has 0 aromatic heterocycles. The van der Waals surface area contributed by atoms with E-state index >= 15 is 0 Å². The van der Waals surface area contributed by atoms with Crippen LogP contribution in [-0.2, 0) is 4.79 Å². The number of carbonyl (C=O) groups is 1. The van der Waals surface area contributed by atoms with Crippen LogP contribution in [0.15, 0.2) is 0 Å². The van der Waals surface area contributed by atoms with Gasteiger partial charge in [0.05, 0.1) is 0 Å². The fourth-order valence-corrected chi connectivity index (χ4v) is 3.84. The van der Waals surface area contributed by atoms with Crippen molar-refractivity contribution in [3.63, 3.8) is 0 Å². The molecule has 0 saturated heterocycles. The number of aldehydes is 1. The topological polar surface area (TPSA) is 17.1 Å². The van der Waals surface area contributed by atoms with Crippen LogP contribution in [-0.4, -0.2) is 6.29 Å². The van der Waals surface area contributed by atoms with E-state index in [2.05, 4.69) is 6.92 Å². The second kappa shape index (κ2) is 13.3. The van der Waals surface area contributed by atoms with Crippen LogP contribution in [0.25, 0.3) is 0 Å². The monoisotopic (exact) mass is 294 g/mol. The van der Waals surface area contributed by atoms with Gasteiger partial charge in [0.15, 0.2) is 0 Å². The molecule has 0 heterocycles. The first-order valence-corrected chi connectivity index (χ1v) is 9.83. The molecule has 124 valence electrons. The van der Waals surface area contributed by atoms with Crippen LogP contribution in [0.4, 0.5) is 0 Å². The van der Waals surface area contributed by atoms with Crippen molar-refractivity contribution in [2.45, 2.75) is 110 Å². The molecule has 1 aliphatic carbocycles. The van der Waals surface area contributed by atoms with Crippen molar-refractivity contribution in [3.8, 4) is 0 Å². The summed E-state index contributed by atoms with van der Waals surface area (Å²) in [6.07, 6.45) is 23.1. The maximum absolute atomic E-state index is 11.2. The summed E-state index contributed by atoms with van der Waals surface area (Å²) in [5, 5.41) is 0. The number of rotatable bonds is 12. The van der Waals surface area contributed by atoms with E-state index in [9.17, 15) is 4.79 Å². The highest BCUT2D eigenvalue weighted by Crippen LogP contribution is 2.31. The van der Waals surface area contributed by atoms with Gasteiger partial charge in [0.2, 0.25) is 0 Å². The van der Waals surface area contributed by atoms with Crippen LogP contribution in [0.1, 0.15) is 110 Å². The highest BCUT2D eigenvalue weighted by Gasteiger charge is 2.22. The Balaban J connectivity index is 1.94. The lowest BCUT2D eigenvalue weighted by Gasteiger charge is -2.19. The molecule has 0 spiro atoms. The van der Waals surface area contributed by atoms with Crippen LogP contribution in [0.3, 0.4) is 0 Å². The molecule has 2 unspecified atom stereocenters. The molecule has 1 saturated carbocycles. The van der Waals surface area contributed by atoms with Gasteiger partial charge in [-0.2, -0.15) is 0 Å². The third kappa shape index (κ3) is 9.32.